The minimum atomic E-state index is -1.29. The number of hydrogen-bond acceptors (Lipinski definition) is 3. The van der Waals surface area contributed by atoms with Crippen LogP contribution in [0.5, 0.6) is 11.5 Å². The van der Waals surface area contributed by atoms with Gasteiger partial charge in [-0.25, -0.2) is 0 Å². The molecule has 0 spiro atoms. The molecule has 0 bridgehead atoms. The zero-order valence-electron chi connectivity index (χ0n) is 17.6. The molecule has 0 saturated carbocycles. The monoisotopic (exact) mass is 378 g/mol. The van der Waals surface area contributed by atoms with Crippen LogP contribution in [0.2, 0.25) is 0 Å². The highest BCUT2D eigenvalue weighted by Crippen LogP contribution is 2.45. The lowest BCUT2D eigenvalue weighted by Crippen LogP contribution is -2.44. The molecule has 28 heavy (non-hydrogen) atoms. The molecule has 2 aromatic rings. The van der Waals surface area contributed by atoms with Gasteiger partial charge >= 0.3 is 0 Å². The molecule has 1 heterocycles. The fraction of sp³-hybridized carbons (Fsp3) is 0.440. The van der Waals surface area contributed by atoms with Gasteiger partial charge in [-0.05, 0) is 55.9 Å². The summed E-state index contributed by atoms with van der Waals surface area (Å²) in [4.78, 5) is 0. The van der Waals surface area contributed by atoms with Crippen LogP contribution in [0.25, 0.3) is 0 Å². The Balaban J connectivity index is 1.96. The highest BCUT2D eigenvalue weighted by atomic mass is 16.6. The van der Waals surface area contributed by atoms with Crippen molar-refractivity contribution < 1.29 is 14.6 Å². The summed E-state index contributed by atoms with van der Waals surface area (Å²) in [5, 5.41) is 10.9. The van der Waals surface area contributed by atoms with Gasteiger partial charge in [-0.15, -0.1) is 5.92 Å². The summed E-state index contributed by atoms with van der Waals surface area (Å²) in [6.07, 6.45) is 2.50. The Morgan fingerprint density at radius 2 is 1.86 bits per heavy atom. The third-order valence-electron chi connectivity index (χ3n) is 5.55. The van der Waals surface area contributed by atoms with E-state index in [1.807, 2.05) is 32.0 Å². The van der Waals surface area contributed by atoms with Crippen molar-refractivity contribution in [1.29, 1.82) is 0 Å². The van der Waals surface area contributed by atoms with Crippen molar-refractivity contribution in [2.75, 3.05) is 0 Å². The van der Waals surface area contributed by atoms with Gasteiger partial charge in [0.1, 0.15) is 18.1 Å². The number of aliphatic hydroxyl groups is 1. The van der Waals surface area contributed by atoms with E-state index in [1.165, 1.54) is 0 Å². The van der Waals surface area contributed by atoms with Crippen LogP contribution in [0, 0.1) is 38.5 Å². The quantitative estimate of drug-likeness (QED) is 0.738. The molecule has 2 atom stereocenters. The Morgan fingerprint density at radius 3 is 2.54 bits per heavy atom. The molecule has 3 rings (SSSR count). The molecule has 0 aromatic heterocycles. The Morgan fingerprint density at radius 1 is 1.14 bits per heavy atom. The molecule has 1 aliphatic rings. The van der Waals surface area contributed by atoms with E-state index in [2.05, 4.69) is 37.8 Å². The van der Waals surface area contributed by atoms with Gasteiger partial charge in [-0.2, -0.15) is 0 Å². The Kier molecular flexibility index (Phi) is 6.01. The van der Waals surface area contributed by atoms with Crippen molar-refractivity contribution in [2.24, 2.45) is 5.92 Å². The van der Waals surface area contributed by atoms with Gasteiger partial charge < -0.3 is 14.6 Å². The van der Waals surface area contributed by atoms with Gasteiger partial charge in [0.25, 0.3) is 0 Å². The first-order chi connectivity index (χ1) is 13.3. The van der Waals surface area contributed by atoms with Crippen LogP contribution in [-0.2, 0) is 13.0 Å². The molecule has 2 aromatic carbocycles. The van der Waals surface area contributed by atoms with Crippen molar-refractivity contribution in [3.8, 4) is 23.3 Å². The number of unbranched alkanes of at least 4 members (excludes halogenated alkanes) is 1. The fourth-order valence-electron chi connectivity index (χ4n) is 3.66. The predicted octanol–water partition coefficient (Wildman–Crippen LogP) is 5.25. The molecule has 0 amide bonds. The number of rotatable bonds is 4. The van der Waals surface area contributed by atoms with E-state index in [0.717, 1.165) is 52.2 Å². The average Bonchev–Trinajstić information content (AvgIpc) is 2.68. The van der Waals surface area contributed by atoms with Crippen molar-refractivity contribution >= 4 is 0 Å². The number of hydrogen-bond donors (Lipinski definition) is 1. The fourth-order valence-corrected chi connectivity index (χ4v) is 3.66. The van der Waals surface area contributed by atoms with Crippen LogP contribution in [-0.4, -0.2) is 10.9 Å². The summed E-state index contributed by atoms with van der Waals surface area (Å²) in [6, 6.07) is 10.2. The molecule has 3 heteroatoms. The molecule has 1 unspecified atom stereocenters. The Bertz CT molecular complexity index is 901. The maximum atomic E-state index is 10.9. The van der Waals surface area contributed by atoms with Crippen molar-refractivity contribution in [1.82, 2.24) is 0 Å². The number of fused-ring (bicyclic) bond motifs is 1. The van der Waals surface area contributed by atoms with E-state index in [4.69, 9.17) is 9.47 Å². The second kappa shape index (κ2) is 8.29. The standard InChI is InChI=1S/C25H30O3/c1-6-7-9-14-21-15-22-19(4)23(27-16-20-12-10-8-11-13-20)17(2)18(3)24(22)28-25(21,5)26/h8,10-13,21,26H,6-7,15-16H2,1-5H3/t21?,25-/m0/s1. The van der Waals surface area contributed by atoms with Gasteiger partial charge in [-0.3, -0.25) is 0 Å². The zero-order chi connectivity index (χ0) is 20.3. The molecule has 0 aliphatic carbocycles. The number of ether oxygens (including phenoxy) is 2. The second-order valence-electron chi connectivity index (χ2n) is 7.77. The van der Waals surface area contributed by atoms with Crippen LogP contribution in [0.3, 0.4) is 0 Å². The maximum Gasteiger partial charge on any atom is 0.219 e. The SMILES string of the molecule is CCCC#CC1Cc2c(C)c(OCc3ccccc3)c(C)c(C)c2O[C@]1(C)O. The first kappa shape index (κ1) is 20.3. The molecule has 1 aliphatic heterocycles. The van der Waals surface area contributed by atoms with Crippen molar-refractivity contribution in [3.05, 3.63) is 58.1 Å². The first-order valence-electron chi connectivity index (χ1n) is 10.0. The van der Waals surface area contributed by atoms with Crippen LogP contribution < -0.4 is 9.47 Å². The smallest absolute Gasteiger partial charge is 0.219 e. The van der Waals surface area contributed by atoms with E-state index in [1.54, 1.807) is 6.92 Å². The zero-order valence-corrected chi connectivity index (χ0v) is 17.6. The van der Waals surface area contributed by atoms with Gasteiger partial charge in [-0.1, -0.05) is 43.2 Å². The van der Waals surface area contributed by atoms with E-state index in [-0.39, 0.29) is 5.92 Å². The summed E-state index contributed by atoms with van der Waals surface area (Å²) < 4.78 is 12.3. The lowest BCUT2D eigenvalue weighted by molar-refractivity contribution is -0.157. The summed E-state index contributed by atoms with van der Waals surface area (Å²) in [7, 11) is 0. The normalized spacial score (nSPS) is 20.6. The summed E-state index contributed by atoms with van der Waals surface area (Å²) in [6.45, 7) is 10.5. The van der Waals surface area contributed by atoms with E-state index < -0.39 is 5.79 Å². The van der Waals surface area contributed by atoms with Crippen molar-refractivity contribution in [2.45, 2.75) is 66.3 Å². The largest absolute Gasteiger partial charge is 0.488 e. The molecule has 0 saturated heterocycles. The van der Waals surface area contributed by atoms with Crippen LogP contribution >= 0.6 is 0 Å². The number of benzene rings is 2. The summed E-state index contributed by atoms with van der Waals surface area (Å²) in [5.74, 6) is 6.55. The van der Waals surface area contributed by atoms with Crippen LogP contribution in [0.15, 0.2) is 30.3 Å². The minimum Gasteiger partial charge on any atom is -0.488 e. The van der Waals surface area contributed by atoms with E-state index in [9.17, 15) is 5.11 Å². The predicted molar refractivity (Wildman–Crippen MR) is 113 cm³/mol. The van der Waals surface area contributed by atoms with E-state index >= 15 is 0 Å². The lowest BCUT2D eigenvalue weighted by atomic mass is 9.84. The highest BCUT2D eigenvalue weighted by Gasteiger charge is 2.40. The third-order valence-corrected chi connectivity index (χ3v) is 5.55. The molecular formula is C25H30O3. The minimum absolute atomic E-state index is 0.255. The van der Waals surface area contributed by atoms with E-state index in [0.29, 0.717) is 13.0 Å². The van der Waals surface area contributed by atoms with Crippen molar-refractivity contribution in [3.63, 3.8) is 0 Å². The molecule has 3 nitrogen and oxygen atoms in total. The maximum absolute atomic E-state index is 10.9. The third kappa shape index (κ3) is 4.03. The Hall–Kier alpha value is -2.44. The van der Waals surface area contributed by atoms with Gasteiger partial charge in [0.15, 0.2) is 0 Å². The molecule has 1 N–H and O–H groups in total. The lowest BCUT2D eigenvalue weighted by Gasteiger charge is -2.38. The van der Waals surface area contributed by atoms with Gasteiger partial charge in [0.2, 0.25) is 5.79 Å². The highest BCUT2D eigenvalue weighted by molar-refractivity contribution is 5.59. The first-order valence-corrected chi connectivity index (χ1v) is 10.0. The second-order valence-corrected chi connectivity index (χ2v) is 7.77. The molecule has 0 radical (unpaired) electrons. The average molecular weight is 379 g/mol. The van der Waals surface area contributed by atoms with Gasteiger partial charge in [0, 0.05) is 18.9 Å². The van der Waals surface area contributed by atoms with Crippen LogP contribution in [0.4, 0.5) is 0 Å². The Labute approximate surface area is 168 Å². The van der Waals surface area contributed by atoms with Crippen LogP contribution in [0.1, 0.15) is 54.5 Å². The topological polar surface area (TPSA) is 38.7 Å². The summed E-state index contributed by atoms with van der Waals surface area (Å²) >= 11 is 0. The van der Waals surface area contributed by atoms with Gasteiger partial charge in [0.05, 0.1) is 5.92 Å². The molecule has 0 fully saturated rings. The molecular weight excluding hydrogens is 348 g/mol. The summed E-state index contributed by atoms with van der Waals surface area (Å²) in [5.41, 5.74) is 5.38. The molecule has 148 valence electrons.